The lowest BCUT2D eigenvalue weighted by Crippen LogP contribution is -2.57. The molecule has 0 radical (unpaired) electrons. The molecule has 5 rings (SSSR count). The molecular weight excluding hydrogens is 625 g/mol. The van der Waals surface area contributed by atoms with Crippen molar-refractivity contribution in [3.05, 3.63) is 92.7 Å². The van der Waals surface area contributed by atoms with Gasteiger partial charge in [-0.3, -0.25) is 14.4 Å². The highest BCUT2D eigenvalue weighted by Gasteiger charge is 2.62. The quantitative estimate of drug-likeness (QED) is 0.265. The molecule has 1 fully saturated rings. The van der Waals surface area contributed by atoms with Crippen LogP contribution in [0.2, 0.25) is 10.0 Å². The molecule has 1 saturated heterocycles. The third-order valence-corrected chi connectivity index (χ3v) is 8.48. The highest BCUT2D eigenvalue weighted by atomic mass is 35.5. The SMILES string of the molecule is Cc1ccc(F)cc1C1NC(=O)CC(c2cc(Cl)ccc2OC(C)(C)C(=O)NCC(F)(F)F)C12C(=O)Nc1cc(Cl)ccc12. The molecule has 3 atom stereocenters. The van der Waals surface area contributed by atoms with Gasteiger partial charge in [0, 0.05) is 33.6 Å². The van der Waals surface area contributed by atoms with Gasteiger partial charge in [0.1, 0.15) is 23.5 Å². The second kappa shape index (κ2) is 11.3. The Kier molecular flexibility index (Phi) is 8.09. The Bertz CT molecular complexity index is 1680. The molecule has 44 heavy (non-hydrogen) atoms. The van der Waals surface area contributed by atoms with Crippen LogP contribution in [0.15, 0.2) is 54.6 Å². The number of benzene rings is 3. The van der Waals surface area contributed by atoms with E-state index in [2.05, 4.69) is 10.6 Å². The Hall–Kier alpha value is -3.83. The van der Waals surface area contributed by atoms with Gasteiger partial charge in [0.15, 0.2) is 5.60 Å². The number of fused-ring (bicyclic) bond motifs is 2. The molecule has 2 aliphatic rings. The predicted octanol–water partition coefficient (Wildman–Crippen LogP) is 6.51. The first-order chi connectivity index (χ1) is 20.5. The molecule has 3 aromatic carbocycles. The Balaban J connectivity index is 1.71. The summed E-state index contributed by atoms with van der Waals surface area (Å²) in [5.41, 5.74) is -1.34. The van der Waals surface area contributed by atoms with E-state index in [0.29, 0.717) is 27.4 Å². The summed E-state index contributed by atoms with van der Waals surface area (Å²) in [5.74, 6) is -3.58. The molecule has 2 aliphatic heterocycles. The van der Waals surface area contributed by atoms with Crippen LogP contribution in [0.1, 0.15) is 54.5 Å². The molecule has 13 heteroatoms. The van der Waals surface area contributed by atoms with Gasteiger partial charge in [-0.25, -0.2) is 4.39 Å². The summed E-state index contributed by atoms with van der Waals surface area (Å²) < 4.78 is 59.2. The van der Waals surface area contributed by atoms with E-state index in [-0.39, 0.29) is 22.8 Å². The number of hydrogen-bond acceptors (Lipinski definition) is 4. The Labute approximate surface area is 260 Å². The first-order valence-corrected chi connectivity index (χ1v) is 14.3. The number of hydrogen-bond donors (Lipinski definition) is 3. The Morgan fingerprint density at radius 2 is 1.70 bits per heavy atom. The Morgan fingerprint density at radius 3 is 2.41 bits per heavy atom. The zero-order valence-electron chi connectivity index (χ0n) is 23.7. The third kappa shape index (κ3) is 5.70. The van der Waals surface area contributed by atoms with E-state index in [1.807, 2.05) is 5.32 Å². The van der Waals surface area contributed by atoms with Gasteiger partial charge in [0.05, 0.1) is 6.04 Å². The molecule has 3 amide bonds. The Morgan fingerprint density at radius 1 is 1.02 bits per heavy atom. The molecule has 2 heterocycles. The number of ether oxygens (including phenoxy) is 1. The van der Waals surface area contributed by atoms with Gasteiger partial charge in [0.2, 0.25) is 11.8 Å². The van der Waals surface area contributed by atoms with Gasteiger partial charge in [0.25, 0.3) is 5.91 Å². The number of amides is 3. The predicted molar refractivity (Wildman–Crippen MR) is 156 cm³/mol. The largest absolute Gasteiger partial charge is 0.478 e. The average molecular weight is 652 g/mol. The lowest BCUT2D eigenvalue weighted by atomic mass is 9.59. The molecule has 0 bridgehead atoms. The number of nitrogens with one attached hydrogen (secondary N) is 3. The highest BCUT2D eigenvalue weighted by molar-refractivity contribution is 6.31. The van der Waals surface area contributed by atoms with Crippen LogP contribution in [0.4, 0.5) is 23.2 Å². The van der Waals surface area contributed by atoms with Crippen LogP contribution in [-0.2, 0) is 19.8 Å². The number of alkyl halides is 3. The number of carbonyl (C=O) groups excluding carboxylic acids is 3. The summed E-state index contributed by atoms with van der Waals surface area (Å²) in [7, 11) is 0. The highest BCUT2D eigenvalue weighted by Crippen LogP contribution is 2.59. The first kappa shape index (κ1) is 31.6. The fourth-order valence-corrected chi connectivity index (χ4v) is 6.39. The van der Waals surface area contributed by atoms with Crippen molar-refractivity contribution in [2.45, 2.75) is 56.3 Å². The second-order valence-corrected chi connectivity index (χ2v) is 12.2. The topological polar surface area (TPSA) is 96.5 Å². The van der Waals surface area contributed by atoms with Crippen molar-refractivity contribution in [2.24, 2.45) is 0 Å². The number of rotatable bonds is 6. The van der Waals surface area contributed by atoms with Gasteiger partial charge in [-0.1, -0.05) is 35.3 Å². The van der Waals surface area contributed by atoms with Gasteiger partial charge in [-0.15, -0.1) is 0 Å². The van der Waals surface area contributed by atoms with Crippen LogP contribution in [0.3, 0.4) is 0 Å². The first-order valence-electron chi connectivity index (χ1n) is 13.5. The average Bonchev–Trinajstić information content (AvgIpc) is 3.21. The van der Waals surface area contributed by atoms with Gasteiger partial charge >= 0.3 is 6.18 Å². The van der Waals surface area contributed by atoms with Crippen LogP contribution in [0.5, 0.6) is 5.75 Å². The maximum absolute atomic E-state index is 14.7. The molecular formula is C31H27Cl2F4N3O4. The minimum Gasteiger partial charge on any atom is -0.478 e. The van der Waals surface area contributed by atoms with Crippen LogP contribution < -0.4 is 20.7 Å². The summed E-state index contributed by atoms with van der Waals surface area (Å²) in [5, 5.41) is 8.15. The molecule has 0 aromatic heterocycles. The van der Waals surface area contributed by atoms with Crippen molar-refractivity contribution in [3.63, 3.8) is 0 Å². The van der Waals surface area contributed by atoms with Crippen molar-refractivity contribution in [1.82, 2.24) is 10.6 Å². The smallest absolute Gasteiger partial charge is 0.405 e. The third-order valence-electron chi connectivity index (χ3n) is 8.01. The van der Waals surface area contributed by atoms with Crippen molar-refractivity contribution >= 4 is 46.6 Å². The maximum atomic E-state index is 14.7. The van der Waals surface area contributed by atoms with Crippen LogP contribution in [0.25, 0.3) is 0 Å². The number of carbonyl (C=O) groups is 3. The number of anilines is 1. The minimum absolute atomic E-state index is 0.0190. The fraction of sp³-hybridized carbons (Fsp3) is 0.323. The molecule has 1 spiro atoms. The molecule has 232 valence electrons. The number of aryl methyl sites for hydroxylation is 1. The molecule has 3 aromatic rings. The normalized spacial score (nSPS) is 21.5. The van der Waals surface area contributed by atoms with Crippen LogP contribution in [-0.4, -0.2) is 36.0 Å². The summed E-state index contributed by atoms with van der Waals surface area (Å²) in [6.07, 6.45) is -4.90. The van der Waals surface area contributed by atoms with Crippen molar-refractivity contribution in [2.75, 3.05) is 11.9 Å². The van der Waals surface area contributed by atoms with Gasteiger partial charge in [-0.05, 0) is 79.9 Å². The van der Waals surface area contributed by atoms with Crippen molar-refractivity contribution < 1.29 is 36.7 Å². The van der Waals surface area contributed by atoms with E-state index in [1.165, 1.54) is 44.2 Å². The molecule has 3 N–H and O–H groups in total. The fourth-order valence-electron chi connectivity index (χ4n) is 6.04. The van der Waals surface area contributed by atoms with E-state index in [0.717, 1.165) is 0 Å². The molecule has 7 nitrogen and oxygen atoms in total. The van der Waals surface area contributed by atoms with E-state index in [1.54, 1.807) is 31.2 Å². The summed E-state index contributed by atoms with van der Waals surface area (Å²) in [6, 6.07) is 12.2. The molecule has 0 aliphatic carbocycles. The maximum Gasteiger partial charge on any atom is 0.405 e. The number of piperidine rings is 1. The van der Waals surface area contributed by atoms with E-state index >= 15 is 0 Å². The second-order valence-electron chi connectivity index (χ2n) is 11.4. The van der Waals surface area contributed by atoms with Crippen LogP contribution in [0, 0.1) is 12.7 Å². The number of halogens is 6. The monoisotopic (exact) mass is 651 g/mol. The van der Waals surface area contributed by atoms with Gasteiger partial charge in [-0.2, -0.15) is 13.2 Å². The molecule has 3 unspecified atom stereocenters. The minimum atomic E-state index is -4.64. The zero-order valence-corrected chi connectivity index (χ0v) is 25.2. The van der Waals surface area contributed by atoms with E-state index < -0.39 is 59.2 Å². The van der Waals surface area contributed by atoms with Crippen molar-refractivity contribution in [1.29, 1.82) is 0 Å². The van der Waals surface area contributed by atoms with E-state index in [9.17, 15) is 31.9 Å². The summed E-state index contributed by atoms with van der Waals surface area (Å²) >= 11 is 12.7. The van der Waals surface area contributed by atoms with Gasteiger partial charge < -0.3 is 20.7 Å². The lowest BCUT2D eigenvalue weighted by Gasteiger charge is -2.47. The van der Waals surface area contributed by atoms with Crippen LogP contribution >= 0.6 is 23.2 Å². The molecule has 0 saturated carbocycles. The van der Waals surface area contributed by atoms with Crippen molar-refractivity contribution in [3.8, 4) is 5.75 Å². The zero-order chi connectivity index (χ0) is 32.2. The summed E-state index contributed by atoms with van der Waals surface area (Å²) in [4.78, 5) is 40.5. The standard InChI is InChI=1S/C31H27Cl2F4N3O4/c1-15-4-7-18(34)12-19(15)26-31(21-8-5-17(33)11-23(21)39-28(31)43)22(13-25(41)40-26)20-10-16(32)6-9-24(20)44-29(2,3)27(42)38-14-30(35,36)37/h4-12,22,26H,13-14H2,1-3H3,(H,38,42)(H,39,43)(H,40,41). The summed E-state index contributed by atoms with van der Waals surface area (Å²) in [6.45, 7) is 2.74. The van der Waals surface area contributed by atoms with E-state index in [4.69, 9.17) is 27.9 Å². The lowest BCUT2D eigenvalue weighted by molar-refractivity contribution is -0.146.